The molecule has 0 bridgehead atoms. The molecule has 0 saturated heterocycles. The van der Waals surface area contributed by atoms with E-state index in [1.54, 1.807) is 0 Å². The number of hydrogen-bond acceptors (Lipinski definition) is 2. The first kappa shape index (κ1) is 8.96. The van der Waals surface area contributed by atoms with Crippen LogP contribution in [0.5, 0.6) is 0 Å². The van der Waals surface area contributed by atoms with Gasteiger partial charge in [0.15, 0.2) is 0 Å². The fraction of sp³-hybridized carbons (Fsp3) is 0.462. The molecule has 3 rings (SSSR count). The molecule has 2 heteroatoms. The maximum atomic E-state index is 11.5. The Morgan fingerprint density at radius 1 is 1.20 bits per heavy atom. The quantitative estimate of drug-likeness (QED) is 0.604. The molecule has 78 valence electrons. The molecule has 0 aromatic heterocycles. The van der Waals surface area contributed by atoms with Crippen LogP contribution < -0.4 is 0 Å². The Morgan fingerprint density at radius 2 is 2.00 bits per heavy atom. The van der Waals surface area contributed by atoms with E-state index < -0.39 is 0 Å². The number of esters is 1. The summed E-state index contributed by atoms with van der Waals surface area (Å²) in [6.07, 6.45) is 4.82. The van der Waals surface area contributed by atoms with Gasteiger partial charge in [0.05, 0.1) is 5.56 Å². The lowest BCUT2D eigenvalue weighted by Crippen LogP contribution is -2.08. The van der Waals surface area contributed by atoms with Crippen LogP contribution in [0.3, 0.4) is 0 Å². The van der Waals surface area contributed by atoms with Gasteiger partial charge in [-0.05, 0) is 55.4 Å². The summed E-state index contributed by atoms with van der Waals surface area (Å²) < 4.78 is 5.08. The van der Waals surface area contributed by atoms with Crippen molar-refractivity contribution < 1.29 is 9.53 Å². The molecular formula is C13H14O2. The van der Waals surface area contributed by atoms with Gasteiger partial charge in [0, 0.05) is 5.56 Å². The highest BCUT2D eigenvalue weighted by Crippen LogP contribution is 2.32. The van der Waals surface area contributed by atoms with Gasteiger partial charge >= 0.3 is 5.97 Å². The Balaban J connectivity index is 2.24. The number of hydrogen-bond donors (Lipinski definition) is 0. The van der Waals surface area contributed by atoms with Gasteiger partial charge in [-0.3, -0.25) is 0 Å². The summed E-state index contributed by atoms with van der Waals surface area (Å²) in [6.45, 7) is 2.61. The highest BCUT2D eigenvalue weighted by molar-refractivity contribution is 5.94. The number of benzene rings is 1. The van der Waals surface area contributed by atoms with Gasteiger partial charge in [0.25, 0.3) is 0 Å². The molecule has 0 unspecified atom stereocenters. The van der Waals surface area contributed by atoms with Crippen molar-refractivity contribution in [2.24, 2.45) is 0 Å². The van der Waals surface area contributed by atoms with Crippen LogP contribution in [0.25, 0.3) is 0 Å². The van der Waals surface area contributed by atoms with Crippen LogP contribution in [0.15, 0.2) is 6.07 Å². The second-order valence-corrected chi connectivity index (χ2v) is 4.45. The largest absolute Gasteiger partial charge is 0.457 e. The first-order chi connectivity index (χ1) is 7.27. The van der Waals surface area contributed by atoms with Gasteiger partial charge in [-0.15, -0.1) is 0 Å². The maximum absolute atomic E-state index is 11.5. The normalized spacial score (nSPS) is 18.3. The molecule has 0 amide bonds. The average molecular weight is 202 g/mol. The highest BCUT2D eigenvalue weighted by Gasteiger charge is 2.26. The summed E-state index contributed by atoms with van der Waals surface area (Å²) in [4.78, 5) is 11.5. The Kier molecular flexibility index (Phi) is 1.84. The summed E-state index contributed by atoms with van der Waals surface area (Å²) in [5.41, 5.74) is 6.08. The van der Waals surface area contributed by atoms with Gasteiger partial charge in [0.2, 0.25) is 0 Å². The zero-order chi connectivity index (χ0) is 10.4. The van der Waals surface area contributed by atoms with Crippen molar-refractivity contribution in [2.45, 2.75) is 39.2 Å². The van der Waals surface area contributed by atoms with E-state index in [0.29, 0.717) is 6.61 Å². The average Bonchev–Trinajstić information content (AvgIpc) is 2.62. The number of carbonyl (C=O) groups is 1. The van der Waals surface area contributed by atoms with Crippen LogP contribution in [0.1, 0.15) is 45.5 Å². The number of ether oxygens (including phenoxy) is 1. The van der Waals surface area contributed by atoms with E-state index in [9.17, 15) is 4.79 Å². The SMILES string of the molecule is Cc1c2c(cc3c1COC3=O)CCCC2. The zero-order valence-electron chi connectivity index (χ0n) is 8.93. The molecule has 0 saturated carbocycles. The fourth-order valence-corrected chi connectivity index (χ4v) is 2.75. The molecule has 0 atom stereocenters. The smallest absolute Gasteiger partial charge is 0.338 e. The van der Waals surface area contributed by atoms with Crippen LogP contribution in [-0.2, 0) is 24.2 Å². The Bertz CT molecular complexity index is 446. The van der Waals surface area contributed by atoms with Crippen molar-refractivity contribution in [1.29, 1.82) is 0 Å². The first-order valence-corrected chi connectivity index (χ1v) is 5.58. The van der Waals surface area contributed by atoms with Gasteiger partial charge < -0.3 is 4.74 Å². The number of fused-ring (bicyclic) bond motifs is 2. The van der Waals surface area contributed by atoms with E-state index in [-0.39, 0.29) is 5.97 Å². The van der Waals surface area contributed by atoms with Crippen LogP contribution in [0.4, 0.5) is 0 Å². The minimum Gasteiger partial charge on any atom is -0.457 e. The van der Waals surface area contributed by atoms with Crippen molar-refractivity contribution in [3.8, 4) is 0 Å². The lowest BCUT2D eigenvalue weighted by atomic mass is 9.85. The fourth-order valence-electron chi connectivity index (χ4n) is 2.75. The van der Waals surface area contributed by atoms with Crippen molar-refractivity contribution in [3.05, 3.63) is 33.9 Å². The molecule has 2 aliphatic rings. The molecule has 15 heavy (non-hydrogen) atoms. The molecular weight excluding hydrogens is 188 g/mol. The Hall–Kier alpha value is -1.31. The third-order valence-electron chi connectivity index (χ3n) is 3.63. The summed E-state index contributed by atoms with van der Waals surface area (Å²) in [7, 11) is 0. The van der Waals surface area contributed by atoms with Crippen molar-refractivity contribution >= 4 is 5.97 Å². The number of cyclic esters (lactones) is 1. The molecule has 0 spiro atoms. The Labute approximate surface area is 89.2 Å². The third kappa shape index (κ3) is 1.21. The predicted octanol–water partition coefficient (Wildman–Crippen LogP) is 2.54. The minimum absolute atomic E-state index is 0.138. The number of aryl methyl sites for hydroxylation is 1. The van der Waals surface area contributed by atoms with Crippen molar-refractivity contribution in [3.63, 3.8) is 0 Å². The van der Waals surface area contributed by atoms with E-state index in [1.165, 1.54) is 36.0 Å². The highest BCUT2D eigenvalue weighted by atomic mass is 16.5. The predicted molar refractivity (Wildman–Crippen MR) is 56.9 cm³/mol. The second kappa shape index (κ2) is 3.09. The van der Waals surface area contributed by atoms with Gasteiger partial charge in [-0.1, -0.05) is 0 Å². The monoisotopic (exact) mass is 202 g/mol. The standard InChI is InChI=1S/C13H14O2/c1-8-10-5-3-2-4-9(10)6-11-12(8)7-15-13(11)14/h6H,2-5,7H2,1H3. The molecule has 0 N–H and O–H groups in total. The van der Waals surface area contributed by atoms with Gasteiger partial charge in [0.1, 0.15) is 6.61 Å². The third-order valence-corrected chi connectivity index (χ3v) is 3.63. The van der Waals surface area contributed by atoms with E-state index in [0.717, 1.165) is 17.5 Å². The van der Waals surface area contributed by atoms with Gasteiger partial charge in [-0.25, -0.2) is 4.79 Å². The molecule has 1 aliphatic carbocycles. The Morgan fingerprint density at radius 3 is 2.87 bits per heavy atom. The molecule has 1 aromatic carbocycles. The van der Waals surface area contributed by atoms with Crippen molar-refractivity contribution in [1.82, 2.24) is 0 Å². The lowest BCUT2D eigenvalue weighted by Gasteiger charge is -2.19. The number of carbonyl (C=O) groups excluding carboxylic acids is 1. The zero-order valence-corrected chi connectivity index (χ0v) is 8.93. The lowest BCUT2D eigenvalue weighted by molar-refractivity contribution is 0.0535. The molecule has 1 aliphatic heterocycles. The van der Waals surface area contributed by atoms with Crippen molar-refractivity contribution in [2.75, 3.05) is 0 Å². The molecule has 2 nitrogen and oxygen atoms in total. The maximum Gasteiger partial charge on any atom is 0.338 e. The van der Waals surface area contributed by atoms with E-state index in [2.05, 4.69) is 13.0 Å². The van der Waals surface area contributed by atoms with Crippen LogP contribution in [0, 0.1) is 6.92 Å². The summed E-state index contributed by atoms with van der Waals surface area (Å²) in [5.74, 6) is -0.138. The van der Waals surface area contributed by atoms with Crippen LogP contribution in [-0.4, -0.2) is 5.97 Å². The van der Waals surface area contributed by atoms with E-state index in [1.807, 2.05) is 0 Å². The molecule has 0 radical (unpaired) electrons. The first-order valence-electron chi connectivity index (χ1n) is 5.58. The number of rotatable bonds is 0. The molecule has 1 aromatic rings. The second-order valence-electron chi connectivity index (χ2n) is 4.45. The van der Waals surface area contributed by atoms with Crippen LogP contribution >= 0.6 is 0 Å². The summed E-state index contributed by atoms with van der Waals surface area (Å²) >= 11 is 0. The summed E-state index contributed by atoms with van der Waals surface area (Å²) in [6, 6.07) is 2.06. The van der Waals surface area contributed by atoms with Gasteiger partial charge in [-0.2, -0.15) is 0 Å². The molecule has 1 heterocycles. The van der Waals surface area contributed by atoms with E-state index >= 15 is 0 Å². The topological polar surface area (TPSA) is 26.3 Å². The van der Waals surface area contributed by atoms with Crippen LogP contribution in [0.2, 0.25) is 0 Å². The molecule has 0 fully saturated rings. The van der Waals surface area contributed by atoms with E-state index in [4.69, 9.17) is 4.74 Å². The minimum atomic E-state index is -0.138. The summed E-state index contributed by atoms with van der Waals surface area (Å²) in [5, 5.41) is 0.